The van der Waals surface area contributed by atoms with Gasteiger partial charge >= 0.3 is 0 Å². The van der Waals surface area contributed by atoms with Gasteiger partial charge in [-0.2, -0.15) is 0 Å². The molecule has 3 aromatic carbocycles. The number of halogens is 1. The molecule has 1 amide bonds. The van der Waals surface area contributed by atoms with Crippen molar-refractivity contribution in [3.05, 3.63) is 100 Å². The van der Waals surface area contributed by atoms with E-state index in [9.17, 15) is 4.79 Å². The van der Waals surface area contributed by atoms with Crippen molar-refractivity contribution in [2.24, 2.45) is 0 Å². The number of likely N-dealkylation sites (tertiary alicyclic amines) is 1. The second-order valence-electron chi connectivity index (χ2n) is 9.52. The zero-order valence-corrected chi connectivity index (χ0v) is 20.4. The first kappa shape index (κ1) is 22.9. The lowest BCUT2D eigenvalue weighted by molar-refractivity contribution is -0.132. The van der Waals surface area contributed by atoms with Crippen LogP contribution in [0, 0.1) is 0 Å². The van der Waals surface area contributed by atoms with E-state index in [-0.39, 0.29) is 17.4 Å². The first-order chi connectivity index (χ1) is 16.6. The molecule has 1 unspecified atom stereocenters. The molecule has 1 atom stereocenters. The van der Waals surface area contributed by atoms with Crippen LogP contribution in [-0.2, 0) is 16.6 Å². The normalized spacial score (nSPS) is 17.4. The highest BCUT2D eigenvalue weighted by Crippen LogP contribution is 2.46. The van der Waals surface area contributed by atoms with Crippen molar-refractivity contribution in [2.45, 2.75) is 37.1 Å². The summed E-state index contributed by atoms with van der Waals surface area (Å²) in [6.07, 6.45) is 4.48. The smallest absolute Gasteiger partial charge is 0.236 e. The number of fused-ring (bicyclic) bond motifs is 2. The summed E-state index contributed by atoms with van der Waals surface area (Å²) in [5.41, 5.74) is 6.42. The molecule has 3 aromatic rings. The quantitative estimate of drug-likeness (QED) is 0.492. The van der Waals surface area contributed by atoms with E-state index in [4.69, 9.17) is 11.6 Å². The number of carbonyl (C=O) groups excluding carboxylic acids is 1. The molecule has 34 heavy (non-hydrogen) atoms. The molecule has 2 aliphatic rings. The Labute approximate surface area is 207 Å². The Balaban J connectivity index is 1.28. The number of nitrogens with one attached hydrogen (secondary N) is 2. The van der Waals surface area contributed by atoms with Crippen LogP contribution in [0.1, 0.15) is 47.6 Å². The molecule has 1 aliphatic carbocycles. The minimum Gasteiger partial charge on any atom is -0.388 e. The molecule has 0 aromatic heterocycles. The molecular weight excluding hydrogens is 442 g/mol. The summed E-state index contributed by atoms with van der Waals surface area (Å²) in [5.74, 6) is 0.162. The summed E-state index contributed by atoms with van der Waals surface area (Å²) in [5, 5.41) is 7.49. The molecule has 1 heterocycles. The van der Waals surface area contributed by atoms with Gasteiger partial charge in [0.2, 0.25) is 5.91 Å². The zero-order valence-electron chi connectivity index (χ0n) is 19.7. The van der Waals surface area contributed by atoms with Crippen LogP contribution in [0.5, 0.6) is 0 Å². The average molecular weight is 474 g/mol. The van der Waals surface area contributed by atoms with Crippen LogP contribution in [0.15, 0.2) is 72.8 Å². The fraction of sp³-hybridized carbons (Fsp3) is 0.345. The molecule has 0 radical (unpaired) electrons. The Hall–Kier alpha value is -2.82. The van der Waals surface area contributed by atoms with Crippen molar-refractivity contribution < 1.29 is 4.79 Å². The van der Waals surface area contributed by atoms with E-state index in [0.717, 1.165) is 49.2 Å². The van der Waals surface area contributed by atoms with Crippen molar-refractivity contribution in [1.82, 2.24) is 10.2 Å². The van der Waals surface area contributed by atoms with Gasteiger partial charge in [0.1, 0.15) is 0 Å². The fourth-order valence-corrected chi connectivity index (χ4v) is 6.00. The van der Waals surface area contributed by atoms with Gasteiger partial charge in [0.05, 0.1) is 12.6 Å². The first-order valence-electron chi connectivity index (χ1n) is 12.2. The van der Waals surface area contributed by atoms with Gasteiger partial charge < -0.3 is 10.2 Å². The maximum absolute atomic E-state index is 13.3. The number of hydrogen-bond acceptors (Lipinski definition) is 3. The molecule has 0 bridgehead atoms. The summed E-state index contributed by atoms with van der Waals surface area (Å²) in [6, 6.07) is 24.8. The van der Waals surface area contributed by atoms with Crippen LogP contribution in [0.2, 0.25) is 5.02 Å². The Morgan fingerprint density at radius 3 is 2.50 bits per heavy atom. The van der Waals surface area contributed by atoms with Crippen molar-refractivity contribution in [1.29, 1.82) is 0 Å². The Bertz CT molecular complexity index is 1160. The van der Waals surface area contributed by atoms with Crippen molar-refractivity contribution in [2.75, 3.05) is 32.0 Å². The van der Waals surface area contributed by atoms with Gasteiger partial charge in [-0.15, -0.1) is 0 Å². The highest BCUT2D eigenvalue weighted by molar-refractivity contribution is 6.30. The van der Waals surface area contributed by atoms with E-state index < -0.39 is 0 Å². The summed E-state index contributed by atoms with van der Waals surface area (Å²) < 4.78 is 0. The number of amides is 1. The monoisotopic (exact) mass is 473 g/mol. The highest BCUT2D eigenvalue weighted by atomic mass is 35.5. The summed E-state index contributed by atoms with van der Waals surface area (Å²) >= 11 is 6.35. The fourth-order valence-electron chi connectivity index (χ4n) is 5.82. The average Bonchev–Trinajstić information content (AvgIpc) is 3.23. The third-order valence-corrected chi connectivity index (χ3v) is 7.95. The second kappa shape index (κ2) is 9.81. The predicted molar refractivity (Wildman–Crippen MR) is 140 cm³/mol. The largest absolute Gasteiger partial charge is 0.388 e. The maximum Gasteiger partial charge on any atom is 0.236 e. The lowest BCUT2D eigenvalue weighted by atomic mass is 9.74. The van der Waals surface area contributed by atoms with E-state index in [0.29, 0.717) is 11.6 Å². The van der Waals surface area contributed by atoms with Crippen molar-refractivity contribution >= 4 is 23.2 Å². The van der Waals surface area contributed by atoms with Gasteiger partial charge in [0.15, 0.2) is 0 Å². The number of piperidine rings is 1. The lowest BCUT2D eigenvalue weighted by Gasteiger charge is -2.40. The van der Waals surface area contributed by atoms with Gasteiger partial charge in [0.25, 0.3) is 0 Å². The zero-order chi connectivity index (χ0) is 23.5. The molecule has 176 valence electrons. The number of nitrogens with zero attached hydrogens (tertiary/aromatic N) is 1. The molecule has 1 fully saturated rings. The molecule has 1 saturated heterocycles. The van der Waals surface area contributed by atoms with Gasteiger partial charge in [-0.3, -0.25) is 10.1 Å². The van der Waals surface area contributed by atoms with Gasteiger partial charge in [-0.1, -0.05) is 66.2 Å². The third-order valence-electron chi connectivity index (χ3n) is 7.72. The predicted octanol–water partition coefficient (Wildman–Crippen LogP) is 5.57. The molecule has 5 heteroatoms. The van der Waals surface area contributed by atoms with E-state index >= 15 is 0 Å². The van der Waals surface area contributed by atoms with Gasteiger partial charge in [-0.05, 0) is 71.6 Å². The second-order valence-corrected chi connectivity index (χ2v) is 9.96. The van der Waals surface area contributed by atoms with E-state index in [1.54, 1.807) is 0 Å². The Morgan fingerprint density at radius 1 is 1.00 bits per heavy atom. The Kier molecular flexibility index (Phi) is 6.62. The number of rotatable bonds is 6. The van der Waals surface area contributed by atoms with Gasteiger partial charge in [0, 0.05) is 30.8 Å². The van der Waals surface area contributed by atoms with Crippen molar-refractivity contribution in [3.8, 4) is 0 Å². The molecule has 4 nitrogen and oxygen atoms in total. The third kappa shape index (κ3) is 4.45. The van der Waals surface area contributed by atoms with Gasteiger partial charge in [-0.25, -0.2) is 0 Å². The summed E-state index contributed by atoms with van der Waals surface area (Å²) in [6.45, 7) is 1.94. The molecule has 0 saturated carbocycles. The lowest BCUT2D eigenvalue weighted by Crippen LogP contribution is -2.47. The van der Waals surface area contributed by atoms with E-state index in [1.807, 2.05) is 48.3 Å². The SMILES string of the molecule is CNc1ccc(Cl)cc1C(NCC(=O)N1CCC2(CCc3ccccc32)CC1)c1ccccc1. The minimum atomic E-state index is -0.135. The van der Waals surface area contributed by atoms with E-state index in [2.05, 4.69) is 47.0 Å². The number of carbonyl (C=O) groups is 1. The maximum atomic E-state index is 13.3. The number of anilines is 1. The van der Waals surface area contributed by atoms with Crippen LogP contribution < -0.4 is 10.6 Å². The molecular formula is C29H32ClN3O. The van der Waals surface area contributed by atoms with Crippen LogP contribution in [0.4, 0.5) is 5.69 Å². The van der Waals surface area contributed by atoms with Crippen LogP contribution in [-0.4, -0.2) is 37.5 Å². The van der Waals surface area contributed by atoms with Crippen LogP contribution >= 0.6 is 11.6 Å². The number of hydrogen-bond donors (Lipinski definition) is 2. The molecule has 1 aliphatic heterocycles. The Morgan fingerprint density at radius 2 is 1.74 bits per heavy atom. The number of benzene rings is 3. The highest BCUT2D eigenvalue weighted by Gasteiger charge is 2.41. The molecule has 2 N–H and O–H groups in total. The minimum absolute atomic E-state index is 0.135. The standard InChI is InChI=1S/C29H32ClN3O/c1-31-26-12-11-23(30)19-24(26)28(22-8-3-2-4-9-22)32-20-27(34)33-17-15-29(16-18-33)14-13-21-7-5-6-10-25(21)29/h2-12,19,28,31-32H,13-18,20H2,1H3. The molecule has 1 spiro atoms. The first-order valence-corrected chi connectivity index (χ1v) is 12.6. The topological polar surface area (TPSA) is 44.4 Å². The van der Waals surface area contributed by atoms with Crippen LogP contribution in [0.25, 0.3) is 0 Å². The molecule has 5 rings (SSSR count). The van der Waals surface area contributed by atoms with Crippen molar-refractivity contribution in [3.63, 3.8) is 0 Å². The summed E-state index contributed by atoms with van der Waals surface area (Å²) in [4.78, 5) is 15.3. The summed E-state index contributed by atoms with van der Waals surface area (Å²) in [7, 11) is 1.91. The number of aryl methyl sites for hydroxylation is 1. The van der Waals surface area contributed by atoms with E-state index in [1.165, 1.54) is 17.5 Å². The van der Waals surface area contributed by atoms with Crippen LogP contribution in [0.3, 0.4) is 0 Å².